The molecule has 0 bridgehead atoms. The summed E-state index contributed by atoms with van der Waals surface area (Å²) < 4.78 is 0. The number of carbonyl (C=O) groups is 1. The van der Waals surface area contributed by atoms with Crippen LogP contribution in [0.15, 0.2) is 30.3 Å². The summed E-state index contributed by atoms with van der Waals surface area (Å²) >= 11 is 1.44. The zero-order valence-corrected chi connectivity index (χ0v) is 14.3. The van der Waals surface area contributed by atoms with Crippen molar-refractivity contribution >= 4 is 22.4 Å². The Morgan fingerprint density at radius 1 is 1.26 bits per heavy atom. The molecule has 0 spiro atoms. The molecule has 23 heavy (non-hydrogen) atoms. The topological polar surface area (TPSA) is 80.9 Å². The Morgan fingerprint density at radius 2 is 2.00 bits per heavy atom. The summed E-state index contributed by atoms with van der Waals surface area (Å²) in [5.41, 5.74) is 6.81. The Morgan fingerprint density at radius 3 is 2.65 bits per heavy atom. The lowest BCUT2D eigenvalue weighted by molar-refractivity contribution is -0.119. The van der Waals surface area contributed by atoms with Crippen LogP contribution in [0, 0.1) is 5.92 Å². The van der Waals surface area contributed by atoms with Gasteiger partial charge in [-0.05, 0) is 38.7 Å². The molecule has 2 aromatic rings. The number of nitrogens with one attached hydrogen (secondary N) is 1. The Labute approximate surface area is 140 Å². The van der Waals surface area contributed by atoms with Crippen molar-refractivity contribution in [3.05, 3.63) is 40.9 Å². The minimum absolute atomic E-state index is 0.000478. The predicted octanol–water partition coefficient (Wildman–Crippen LogP) is 2.93. The molecular weight excluding hydrogens is 308 g/mol. The largest absolute Gasteiger partial charge is 0.328 e. The van der Waals surface area contributed by atoms with Crippen molar-refractivity contribution in [1.82, 2.24) is 10.2 Å². The Kier molecular flexibility index (Phi) is 4.46. The predicted molar refractivity (Wildman–Crippen MR) is 92.4 cm³/mol. The van der Waals surface area contributed by atoms with E-state index in [0.29, 0.717) is 5.13 Å². The van der Waals surface area contributed by atoms with E-state index in [2.05, 4.69) is 41.5 Å². The maximum Gasteiger partial charge on any atom is 0.229 e. The van der Waals surface area contributed by atoms with Crippen LogP contribution in [0.4, 0.5) is 5.13 Å². The van der Waals surface area contributed by atoms with Crippen molar-refractivity contribution in [2.75, 3.05) is 5.32 Å². The van der Waals surface area contributed by atoms with Crippen molar-refractivity contribution < 1.29 is 4.79 Å². The fourth-order valence-corrected chi connectivity index (χ4v) is 3.84. The van der Waals surface area contributed by atoms with Crippen molar-refractivity contribution in [3.63, 3.8) is 0 Å². The van der Waals surface area contributed by atoms with Gasteiger partial charge < -0.3 is 11.1 Å². The highest BCUT2D eigenvalue weighted by molar-refractivity contribution is 7.15. The summed E-state index contributed by atoms with van der Waals surface area (Å²) in [4.78, 5) is 12.3. The number of benzene rings is 1. The molecule has 122 valence electrons. The Balaban J connectivity index is 1.72. The van der Waals surface area contributed by atoms with E-state index < -0.39 is 0 Å². The summed E-state index contributed by atoms with van der Waals surface area (Å²) in [5, 5.41) is 12.8. The van der Waals surface area contributed by atoms with E-state index in [-0.39, 0.29) is 23.3 Å². The summed E-state index contributed by atoms with van der Waals surface area (Å²) in [6.45, 7) is 4.23. The highest BCUT2D eigenvalue weighted by Crippen LogP contribution is 2.35. The molecule has 6 heteroatoms. The molecule has 1 aliphatic rings. The normalized spacial score (nSPS) is 21.3. The molecule has 2 atom stereocenters. The van der Waals surface area contributed by atoms with Gasteiger partial charge in [0.1, 0.15) is 5.01 Å². The van der Waals surface area contributed by atoms with Gasteiger partial charge in [0.25, 0.3) is 0 Å². The minimum Gasteiger partial charge on any atom is -0.328 e. The molecule has 0 saturated heterocycles. The number of carbonyl (C=O) groups excluding carboxylic acids is 1. The molecule has 1 heterocycles. The molecule has 2 unspecified atom stereocenters. The van der Waals surface area contributed by atoms with Gasteiger partial charge in [-0.15, -0.1) is 10.2 Å². The van der Waals surface area contributed by atoms with Crippen LogP contribution in [0.5, 0.6) is 0 Å². The maximum atomic E-state index is 12.3. The molecule has 1 fully saturated rings. The van der Waals surface area contributed by atoms with E-state index in [0.717, 1.165) is 24.3 Å². The third-order valence-electron chi connectivity index (χ3n) is 4.53. The number of nitrogens with two attached hydrogens (primary N) is 1. The number of rotatable bonds is 4. The van der Waals surface area contributed by atoms with Crippen molar-refractivity contribution in [2.24, 2.45) is 11.7 Å². The van der Waals surface area contributed by atoms with Gasteiger partial charge in [0.2, 0.25) is 11.0 Å². The van der Waals surface area contributed by atoms with E-state index in [4.69, 9.17) is 5.73 Å². The second-order valence-electron chi connectivity index (χ2n) is 6.66. The molecule has 1 aromatic carbocycles. The maximum absolute atomic E-state index is 12.3. The first kappa shape index (κ1) is 16.1. The smallest absolute Gasteiger partial charge is 0.229 e. The quantitative estimate of drug-likeness (QED) is 0.903. The molecular formula is C17H22N4OS. The molecule has 1 amide bonds. The molecule has 0 radical (unpaired) electrons. The first-order valence-corrected chi connectivity index (χ1v) is 8.74. The number of hydrogen-bond acceptors (Lipinski definition) is 5. The highest BCUT2D eigenvalue weighted by atomic mass is 32.1. The second-order valence-corrected chi connectivity index (χ2v) is 7.64. The standard InChI is InChI=1S/C17H22N4OS/c1-17(2,12-6-4-3-5-7-12)15-20-21-16(23-15)19-14(22)11-8-9-13(18)10-11/h3-7,11,13H,8-10,18H2,1-2H3,(H,19,21,22). The summed E-state index contributed by atoms with van der Waals surface area (Å²) in [6, 6.07) is 10.3. The van der Waals surface area contributed by atoms with Crippen LogP contribution in [0.1, 0.15) is 43.7 Å². The lowest BCUT2D eigenvalue weighted by atomic mass is 9.85. The number of nitrogens with zero attached hydrogens (tertiary/aromatic N) is 2. The van der Waals surface area contributed by atoms with Crippen LogP contribution < -0.4 is 11.1 Å². The fourth-order valence-electron chi connectivity index (χ4n) is 2.97. The van der Waals surface area contributed by atoms with Crippen LogP contribution in [-0.2, 0) is 10.2 Å². The number of amides is 1. The van der Waals surface area contributed by atoms with E-state index in [1.807, 2.05) is 18.2 Å². The summed E-state index contributed by atoms with van der Waals surface area (Å²) in [7, 11) is 0. The first-order valence-electron chi connectivity index (χ1n) is 7.93. The van der Waals surface area contributed by atoms with Crippen LogP contribution >= 0.6 is 11.3 Å². The molecule has 1 saturated carbocycles. The first-order chi connectivity index (χ1) is 11.0. The molecule has 3 N–H and O–H groups in total. The summed E-state index contributed by atoms with van der Waals surface area (Å²) in [5.74, 6) is 0.0117. The molecule has 1 aliphatic carbocycles. The molecule has 3 rings (SSSR count). The fraction of sp³-hybridized carbons (Fsp3) is 0.471. The van der Waals surface area contributed by atoms with Gasteiger partial charge in [0.15, 0.2) is 0 Å². The number of hydrogen-bond donors (Lipinski definition) is 2. The SMILES string of the molecule is CC(C)(c1ccccc1)c1nnc(NC(=O)C2CCC(N)C2)s1. The number of aromatic nitrogens is 2. The average molecular weight is 330 g/mol. The minimum atomic E-state index is -0.238. The van der Waals surface area contributed by atoms with Gasteiger partial charge in [-0.1, -0.05) is 41.7 Å². The van der Waals surface area contributed by atoms with Gasteiger partial charge in [0, 0.05) is 17.4 Å². The molecule has 1 aromatic heterocycles. The zero-order chi connectivity index (χ0) is 16.4. The van der Waals surface area contributed by atoms with E-state index in [1.165, 1.54) is 16.9 Å². The van der Waals surface area contributed by atoms with Crippen LogP contribution in [0.2, 0.25) is 0 Å². The van der Waals surface area contributed by atoms with Crippen LogP contribution in [0.25, 0.3) is 0 Å². The van der Waals surface area contributed by atoms with Crippen LogP contribution in [-0.4, -0.2) is 22.1 Å². The van der Waals surface area contributed by atoms with Crippen molar-refractivity contribution in [3.8, 4) is 0 Å². The molecule has 5 nitrogen and oxygen atoms in total. The van der Waals surface area contributed by atoms with E-state index in [9.17, 15) is 4.79 Å². The highest BCUT2D eigenvalue weighted by Gasteiger charge is 2.30. The zero-order valence-electron chi connectivity index (χ0n) is 13.5. The van der Waals surface area contributed by atoms with Crippen molar-refractivity contribution in [2.45, 2.75) is 44.6 Å². The lowest BCUT2D eigenvalue weighted by Gasteiger charge is -2.21. The Bertz CT molecular complexity index is 683. The monoisotopic (exact) mass is 330 g/mol. The number of anilines is 1. The third kappa shape index (κ3) is 3.43. The van der Waals surface area contributed by atoms with E-state index in [1.54, 1.807) is 0 Å². The lowest BCUT2D eigenvalue weighted by Crippen LogP contribution is -2.23. The van der Waals surface area contributed by atoms with Gasteiger partial charge in [-0.2, -0.15) is 0 Å². The van der Waals surface area contributed by atoms with Crippen molar-refractivity contribution in [1.29, 1.82) is 0 Å². The summed E-state index contributed by atoms with van der Waals surface area (Å²) in [6.07, 6.45) is 2.53. The Hall–Kier alpha value is -1.79. The van der Waals surface area contributed by atoms with E-state index >= 15 is 0 Å². The van der Waals surface area contributed by atoms with Gasteiger partial charge >= 0.3 is 0 Å². The van der Waals surface area contributed by atoms with Gasteiger partial charge in [-0.3, -0.25) is 4.79 Å². The molecule has 0 aliphatic heterocycles. The van der Waals surface area contributed by atoms with Gasteiger partial charge in [-0.25, -0.2) is 0 Å². The third-order valence-corrected chi connectivity index (χ3v) is 5.69. The van der Waals surface area contributed by atoms with Gasteiger partial charge in [0.05, 0.1) is 0 Å². The second kappa shape index (κ2) is 6.37. The average Bonchev–Trinajstić information content (AvgIpc) is 3.17. The van der Waals surface area contributed by atoms with Crippen LogP contribution in [0.3, 0.4) is 0 Å².